The maximum absolute atomic E-state index is 12.3. The summed E-state index contributed by atoms with van der Waals surface area (Å²) in [6.45, 7) is 3.21. The molecule has 108 valence electrons. The highest BCUT2D eigenvalue weighted by atomic mass is 32.2. The van der Waals surface area contributed by atoms with Crippen LogP contribution in [-0.2, 0) is 16.6 Å². The second-order valence-corrected chi connectivity index (χ2v) is 6.15. The molecule has 20 heavy (non-hydrogen) atoms. The predicted molar refractivity (Wildman–Crippen MR) is 78.1 cm³/mol. The molecule has 0 aliphatic carbocycles. The zero-order valence-corrected chi connectivity index (χ0v) is 12.3. The molecule has 7 heteroatoms. The second kappa shape index (κ2) is 6.06. The van der Waals surface area contributed by atoms with Gasteiger partial charge in [0.25, 0.3) is 10.0 Å². The van der Waals surface area contributed by atoms with Crippen molar-refractivity contribution in [2.24, 2.45) is 0 Å². The Hall–Kier alpha value is -1.86. The number of aromatic nitrogens is 2. The average molecular weight is 294 g/mol. The van der Waals surface area contributed by atoms with Crippen LogP contribution in [0.15, 0.2) is 41.6 Å². The van der Waals surface area contributed by atoms with Gasteiger partial charge in [-0.2, -0.15) is 5.10 Å². The minimum absolute atomic E-state index is 0.164. The van der Waals surface area contributed by atoms with Crippen molar-refractivity contribution in [2.45, 2.75) is 18.4 Å². The van der Waals surface area contributed by atoms with Crippen molar-refractivity contribution in [3.8, 4) is 0 Å². The molecule has 0 spiro atoms. The lowest BCUT2D eigenvalue weighted by Crippen LogP contribution is -2.15. The van der Waals surface area contributed by atoms with Gasteiger partial charge in [-0.05, 0) is 25.6 Å². The zero-order chi connectivity index (χ0) is 14.6. The van der Waals surface area contributed by atoms with Gasteiger partial charge in [0.05, 0.1) is 18.4 Å². The van der Waals surface area contributed by atoms with Crippen molar-refractivity contribution in [3.05, 3.63) is 42.2 Å². The number of rotatable bonds is 6. The molecule has 2 rings (SSSR count). The summed E-state index contributed by atoms with van der Waals surface area (Å²) in [7, 11) is -1.76. The Morgan fingerprint density at radius 3 is 2.75 bits per heavy atom. The first-order chi connectivity index (χ1) is 9.53. The van der Waals surface area contributed by atoms with Gasteiger partial charge in [0.1, 0.15) is 4.90 Å². The summed E-state index contributed by atoms with van der Waals surface area (Å²) >= 11 is 0. The van der Waals surface area contributed by atoms with Crippen LogP contribution in [0.3, 0.4) is 0 Å². The summed E-state index contributed by atoms with van der Waals surface area (Å²) < 4.78 is 28.7. The lowest BCUT2D eigenvalue weighted by atomic mass is 10.2. The highest BCUT2D eigenvalue weighted by Gasteiger charge is 2.17. The summed E-state index contributed by atoms with van der Waals surface area (Å²) in [6, 6.07) is 7.25. The molecule has 0 saturated heterocycles. The predicted octanol–water partition coefficient (Wildman–Crippen LogP) is 1.21. The Bertz CT molecular complexity index is 679. The van der Waals surface area contributed by atoms with Gasteiger partial charge in [-0.25, -0.2) is 8.42 Å². The van der Waals surface area contributed by atoms with Crippen molar-refractivity contribution in [2.75, 3.05) is 18.3 Å². The van der Waals surface area contributed by atoms with Gasteiger partial charge in [0.2, 0.25) is 0 Å². The van der Waals surface area contributed by atoms with E-state index < -0.39 is 10.0 Å². The van der Waals surface area contributed by atoms with Crippen LogP contribution in [0.1, 0.15) is 5.56 Å². The SMILES string of the molecule is CNCCn1cc(S(=O)(=O)Nc2ccccc2C)cn1. The minimum atomic E-state index is -3.59. The number of para-hydroxylation sites is 1. The molecule has 0 radical (unpaired) electrons. The van der Waals surface area contributed by atoms with Crippen molar-refractivity contribution in [3.63, 3.8) is 0 Å². The lowest BCUT2D eigenvalue weighted by molar-refractivity contribution is 0.582. The van der Waals surface area contributed by atoms with Crippen LogP contribution in [0, 0.1) is 6.92 Å². The third-order valence-electron chi connectivity index (χ3n) is 2.90. The minimum Gasteiger partial charge on any atom is -0.318 e. The molecular formula is C13H18N4O2S. The van der Waals surface area contributed by atoms with Crippen LogP contribution in [-0.4, -0.2) is 31.8 Å². The zero-order valence-electron chi connectivity index (χ0n) is 11.5. The molecule has 6 nitrogen and oxygen atoms in total. The fourth-order valence-corrected chi connectivity index (χ4v) is 2.81. The number of sulfonamides is 1. The number of benzene rings is 1. The first-order valence-electron chi connectivity index (χ1n) is 6.28. The van der Waals surface area contributed by atoms with Crippen LogP contribution >= 0.6 is 0 Å². The van der Waals surface area contributed by atoms with Crippen molar-refractivity contribution < 1.29 is 8.42 Å². The number of nitrogens with one attached hydrogen (secondary N) is 2. The smallest absolute Gasteiger partial charge is 0.265 e. The number of nitrogens with zero attached hydrogens (tertiary/aromatic N) is 2. The van der Waals surface area contributed by atoms with E-state index in [0.717, 1.165) is 12.1 Å². The molecular weight excluding hydrogens is 276 g/mol. The normalized spacial score (nSPS) is 11.5. The molecule has 0 bridgehead atoms. The van der Waals surface area contributed by atoms with E-state index in [-0.39, 0.29) is 4.90 Å². The number of hydrogen-bond donors (Lipinski definition) is 2. The van der Waals surface area contributed by atoms with Crippen LogP contribution < -0.4 is 10.0 Å². The molecule has 1 aromatic heterocycles. The molecule has 0 aliphatic rings. The molecule has 2 N–H and O–H groups in total. The third kappa shape index (κ3) is 3.37. The van der Waals surface area contributed by atoms with E-state index in [9.17, 15) is 8.42 Å². The number of hydrogen-bond acceptors (Lipinski definition) is 4. The lowest BCUT2D eigenvalue weighted by Gasteiger charge is -2.08. The summed E-state index contributed by atoms with van der Waals surface area (Å²) in [5, 5.41) is 7.03. The van der Waals surface area contributed by atoms with E-state index in [4.69, 9.17) is 0 Å². The third-order valence-corrected chi connectivity index (χ3v) is 4.22. The first-order valence-corrected chi connectivity index (χ1v) is 7.77. The highest BCUT2D eigenvalue weighted by Crippen LogP contribution is 2.18. The molecule has 2 aromatic rings. The molecule has 1 heterocycles. The van der Waals surface area contributed by atoms with Crippen LogP contribution in [0.2, 0.25) is 0 Å². The maximum atomic E-state index is 12.3. The van der Waals surface area contributed by atoms with Crippen LogP contribution in [0.25, 0.3) is 0 Å². The Morgan fingerprint density at radius 2 is 2.05 bits per heavy atom. The van der Waals surface area contributed by atoms with Gasteiger partial charge < -0.3 is 5.32 Å². The van der Waals surface area contributed by atoms with Gasteiger partial charge in [-0.3, -0.25) is 9.40 Å². The van der Waals surface area contributed by atoms with Gasteiger partial charge in [-0.15, -0.1) is 0 Å². The number of aryl methyl sites for hydroxylation is 1. The monoisotopic (exact) mass is 294 g/mol. The van der Waals surface area contributed by atoms with Crippen LogP contribution in [0.5, 0.6) is 0 Å². The summed E-state index contributed by atoms with van der Waals surface area (Å²) in [4.78, 5) is 0.164. The first kappa shape index (κ1) is 14.5. The van der Waals surface area contributed by atoms with E-state index in [2.05, 4.69) is 15.1 Å². The Labute approximate surface area is 118 Å². The fourth-order valence-electron chi connectivity index (χ4n) is 1.72. The quantitative estimate of drug-likeness (QED) is 0.839. The Balaban J connectivity index is 2.18. The van der Waals surface area contributed by atoms with E-state index in [1.807, 2.05) is 26.1 Å². The van der Waals surface area contributed by atoms with E-state index >= 15 is 0 Å². The summed E-state index contributed by atoms with van der Waals surface area (Å²) in [5.74, 6) is 0. The molecule has 0 saturated carbocycles. The number of likely N-dealkylation sites (N-methyl/N-ethyl adjacent to an activating group) is 1. The summed E-state index contributed by atoms with van der Waals surface area (Å²) in [6.07, 6.45) is 2.88. The molecule has 1 aromatic carbocycles. The largest absolute Gasteiger partial charge is 0.318 e. The van der Waals surface area contributed by atoms with E-state index in [0.29, 0.717) is 12.2 Å². The van der Waals surface area contributed by atoms with Crippen LogP contribution in [0.4, 0.5) is 5.69 Å². The fraction of sp³-hybridized carbons (Fsp3) is 0.308. The maximum Gasteiger partial charge on any atom is 0.265 e. The molecule has 0 aliphatic heterocycles. The molecule has 0 unspecified atom stereocenters. The number of anilines is 1. The van der Waals surface area contributed by atoms with Gasteiger partial charge >= 0.3 is 0 Å². The Kier molecular flexibility index (Phi) is 4.41. The van der Waals surface area contributed by atoms with Gasteiger partial charge in [0, 0.05) is 12.7 Å². The van der Waals surface area contributed by atoms with E-state index in [1.165, 1.54) is 12.4 Å². The Morgan fingerprint density at radius 1 is 1.30 bits per heavy atom. The average Bonchev–Trinajstić information content (AvgIpc) is 2.88. The standard InChI is InChI=1S/C13H18N4O2S/c1-11-5-3-4-6-13(11)16-20(18,19)12-9-15-17(10-12)8-7-14-2/h3-6,9-10,14,16H,7-8H2,1-2H3. The molecule has 0 amide bonds. The van der Waals surface area contributed by atoms with Crippen molar-refractivity contribution >= 4 is 15.7 Å². The molecule has 0 atom stereocenters. The van der Waals surface area contributed by atoms with Gasteiger partial charge in [0.15, 0.2) is 0 Å². The highest BCUT2D eigenvalue weighted by molar-refractivity contribution is 7.92. The van der Waals surface area contributed by atoms with Crippen molar-refractivity contribution in [1.29, 1.82) is 0 Å². The molecule has 0 fully saturated rings. The second-order valence-electron chi connectivity index (χ2n) is 4.46. The van der Waals surface area contributed by atoms with Gasteiger partial charge in [-0.1, -0.05) is 18.2 Å². The van der Waals surface area contributed by atoms with Crippen molar-refractivity contribution in [1.82, 2.24) is 15.1 Å². The van der Waals surface area contributed by atoms with E-state index in [1.54, 1.807) is 16.8 Å². The summed E-state index contributed by atoms with van der Waals surface area (Å²) in [5.41, 5.74) is 1.45. The topological polar surface area (TPSA) is 76.0 Å².